The molecular weight excluding hydrogens is 482 g/mol. The SMILES string of the molecule is COc1ccc(/C=C/c2nc3s/c(=C\c4cn(-c5ccccc5)nc4-c4ccccc4)c(=O)n3n2)cc1. The molecule has 0 bridgehead atoms. The largest absolute Gasteiger partial charge is 0.497 e. The van der Waals surface area contributed by atoms with Gasteiger partial charge in [-0.15, -0.1) is 5.10 Å². The molecule has 0 radical (unpaired) electrons. The van der Waals surface area contributed by atoms with Crippen LogP contribution in [0.3, 0.4) is 0 Å². The van der Waals surface area contributed by atoms with Crippen LogP contribution in [0.15, 0.2) is 95.9 Å². The number of hydrogen-bond donors (Lipinski definition) is 0. The standard InChI is InChI=1S/C29H21N5O2S/c1-36-24-15-12-20(13-16-24)14-17-26-30-29-34(31-26)28(35)25(37-29)18-22-19-33(23-10-6-3-7-11-23)32-27(22)21-8-4-2-5-9-21/h2-19H,1H3/b17-14+,25-18-. The van der Waals surface area contributed by atoms with Gasteiger partial charge >= 0.3 is 0 Å². The highest BCUT2D eigenvalue weighted by Gasteiger charge is 2.13. The van der Waals surface area contributed by atoms with E-state index in [0.717, 1.165) is 33.8 Å². The Morgan fingerprint density at radius 3 is 2.30 bits per heavy atom. The second-order valence-corrected chi connectivity index (χ2v) is 9.27. The fourth-order valence-corrected chi connectivity index (χ4v) is 4.88. The maximum Gasteiger partial charge on any atom is 0.291 e. The number of ether oxygens (including phenoxy) is 1. The van der Waals surface area contributed by atoms with Crippen molar-refractivity contribution in [2.45, 2.75) is 0 Å². The lowest BCUT2D eigenvalue weighted by Crippen LogP contribution is -2.23. The molecule has 0 amide bonds. The predicted octanol–water partition coefficient (Wildman–Crippen LogP) is 4.73. The fourth-order valence-electron chi connectivity index (χ4n) is 3.97. The highest BCUT2D eigenvalue weighted by Crippen LogP contribution is 2.24. The van der Waals surface area contributed by atoms with E-state index in [0.29, 0.717) is 15.3 Å². The Kier molecular flexibility index (Phi) is 5.92. The number of para-hydroxylation sites is 1. The first kappa shape index (κ1) is 22.6. The molecule has 6 rings (SSSR count). The molecule has 3 heterocycles. The van der Waals surface area contributed by atoms with E-state index in [1.807, 2.05) is 108 Å². The molecule has 0 aliphatic rings. The fraction of sp³-hybridized carbons (Fsp3) is 0.0345. The number of rotatable bonds is 6. The first-order chi connectivity index (χ1) is 18.2. The Labute approximate surface area is 216 Å². The summed E-state index contributed by atoms with van der Waals surface area (Å²) in [6, 6.07) is 27.5. The minimum absolute atomic E-state index is 0.205. The predicted molar refractivity (Wildman–Crippen MR) is 147 cm³/mol. The van der Waals surface area contributed by atoms with Gasteiger partial charge in [-0.3, -0.25) is 4.79 Å². The summed E-state index contributed by atoms with van der Waals surface area (Å²) in [5.41, 5.74) is 4.34. The normalized spacial score (nSPS) is 12.1. The lowest BCUT2D eigenvalue weighted by atomic mass is 10.1. The smallest absolute Gasteiger partial charge is 0.291 e. The van der Waals surface area contributed by atoms with Gasteiger partial charge in [0.25, 0.3) is 5.56 Å². The van der Waals surface area contributed by atoms with Crippen molar-refractivity contribution in [2.75, 3.05) is 7.11 Å². The van der Waals surface area contributed by atoms with E-state index in [1.165, 1.54) is 15.9 Å². The van der Waals surface area contributed by atoms with Crippen molar-refractivity contribution < 1.29 is 4.74 Å². The summed E-state index contributed by atoms with van der Waals surface area (Å²) in [4.78, 5) is 18.3. The Hall–Kier alpha value is -4.82. The molecule has 37 heavy (non-hydrogen) atoms. The van der Waals surface area contributed by atoms with Gasteiger partial charge in [-0.1, -0.05) is 78.1 Å². The first-order valence-corrected chi connectivity index (χ1v) is 12.4. The molecule has 0 saturated carbocycles. The third-order valence-corrected chi connectivity index (χ3v) is 6.80. The van der Waals surface area contributed by atoms with Crippen LogP contribution in [0.2, 0.25) is 0 Å². The summed E-state index contributed by atoms with van der Waals surface area (Å²) in [5.74, 6) is 1.27. The van der Waals surface area contributed by atoms with Crippen LogP contribution in [0.25, 0.3) is 40.1 Å². The zero-order valence-corrected chi connectivity index (χ0v) is 20.7. The maximum atomic E-state index is 13.2. The van der Waals surface area contributed by atoms with Crippen LogP contribution in [0.1, 0.15) is 17.0 Å². The average molecular weight is 504 g/mol. The van der Waals surface area contributed by atoms with Crippen molar-refractivity contribution in [3.8, 4) is 22.7 Å². The van der Waals surface area contributed by atoms with E-state index in [2.05, 4.69) is 10.1 Å². The molecule has 7 nitrogen and oxygen atoms in total. The zero-order valence-electron chi connectivity index (χ0n) is 19.9. The number of nitrogens with zero attached hydrogens (tertiary/aromatic N) is 5. The van der Waals surface area contributed by atoms with Gasteiger partial charge in [0, 0.05) is 17.3 Å². The van der Waals surface area contributed by atoms with Crippen LogP contribution >= 0.6 is 11.3 Å². The van der Waals surface area contributed by atoms with Crippen molar-refractivity contribution in [1.29, 1.82) is 0 Å². The van der Waals surface area contributed by atoms with Crippen molar-refractivity contribution in [2.24, 2.45) is 0 Å². The van der Waals surface area contributed by atoms with Gasteiger partial charge in [0.1, 0.15) is 5.75 Å². The molecule has 6 aromatic rings. The third kappa shape index (κ3) is 4.57. The lowest BCUT2D eigenvalue weighted by molar-refractivity contribution is 0.415. The minimum Gasteiger partial charge on any atom is -0.497 e. The van der Waals surface area contributed by atoms with Gasteiger partial charge in [0.05, 0.1) is 23.0 Å². The molecule has 0 aliphatic heterocycles. The minimum atomic E-state index is -0.205. The second kappa shape index (κ2) is 9.67. The summed E-state index contributed by atoms with van der Waals surface area (Å²) >= 11 is 1.31. The number of hydrogen-bond acceptors (Lipinski definition) is 6. The van der Waals surface area contributed by atoms with Crippen LogP contribution in [0.5, 0.6) is 5.75 Å². The van der Waals surface area contributed by atoms with Gasteiger partial charge in [-0.25, -0.2) is 4.68 Å². The van der Waals surface area contributed by atoms with Crippen LogP contribution in [0.4, 0.5) is 0 Å². The van der Waals surface area contributed by atoms with E-state index in [1.54, 1.807) is 13.2 Å². The number of methoxy groups -OCH3 is 1. The number of fused-ring (bicyclic) bond motifs is 1. The second-order valence-electron chi connectivity index (χ2n) is 8.27. The Balaban J connectivity index is 1.38. The summed E-state index contributed by atoms with van der Waals surface area (Å²) < 4.78 is 8.92. The Morgan fingerprint density at radius 2 is 1.59 bits per heavy atom. The molecule has 0 aliphatic carbocycles. The molecule has 0 spiro atoms. The van der Waals surface area contributed by atoms with Gasteiger partial charge in [0.2, 0.25) is 4.96 Å². The van der Waals surface area contributed by atoms with Gasteiger partial charge < -0.3 is 4.74 Å². The third-order valence-electron chi connectivity index (χ3n) is 5.84. The number of thiazole rings is 1. The molecule has 0 N–H and O–H groups in total. The van der Waals surface area contributed by atoms with E-state index in [-0.39, 0.29) is 5.56 Å². The monoisotopic (exact) mass is 503 g/mol. The number of benzene rings is 3. The molecule has 0 saturated heterocycles. The van der Waals surface area contributed by atoms with E-state index in [4.69, 9.17) is 9.84 Å². The highest BCUT2D eigenvalue weighted by atomic mass is 32.1. The van der Waals surface area contributed by atoms with Crippen molar-refractivity contribution >= 4 is 34.5 Å². The van der Waals surface area contributed by atoms with E-state index < -0.39 is 0 Å². The summed E-state index contributed by atoms with van der Waals surface area (Å²) in [6.45, 7) is 0. The topological polar surface area (TPSA) is 74.3 Å². The molecule has 0 unspecified atom stereocenters. The van der Waals surface area contributed by atoms with E-state index >= 15 is 0 Å². The maximum absolute atomic E-state index is 13.2. The zero-order chi connectivity index (χ0) is 25.2. The number of aromatic nitrogens is 5. The van der Waals surface area contributed by atoms with Crippen molar-refractivity contribution in [1.82, 2.24) is 24.4 Å². The van der Waals surface area contributed by atoms with Crippen LogP contribution in [0, 0.1) is 0 Å². The molecule has 8 heteroatoms. The first-order valence-electron chi connectivity index (χ1n) is 11.6. The summed E-state index contributed by atoms with van der Waals surface area (Å²) in [5, 5.41) is 9.24. The van der Waals surface area contributed by atoms with E-state index in [9.17, 15) is 4.79 Å². The van der Waals surface area contributed by atoms with Crippen LogP contribution in [-0.2, 0) is 0 Å². The molecule has 3 aromatic heterocycles. The molecule has 180 valence electrons. The molecule has 3 aromatic carbocycles. The quantitative estimate of drug-likeness (QED) is 0.329. The van der Waals surface area contributed by atoms with Gasteiger partial charge in [-0.05, 0) is 42.0 Å². The van der Waals surface area contributed by atoms with Crippen LogP contribution in [-0.4, -0.2) is 31.5 Å². The summed E-state index contributed by atoms with van der Waals surface area (Å²) in [6.07, 6.45) is 7.50. The Morgan fingerprint density at radius 1 is 0.865 bits per heavy atom. The van der Waals surface area contributed by atoms with Gasteiger partial charge in [-0.2, -0.15) is 14.6 Å². The van der Waals surface area contributed by atoms with Crippen molar-refractivity contribution in [3.63, 3.8) is 0 Å². The molecule has 0 atom stereocenters. The highest BCUT2D eigenvalue weighted by molar-refractivity contribution is 7.15. The average Bonchev–Trinajstić information content (AvgIpc) is 3.63. The van der Waals surface area contributed by atoms with Gasteiger partial charge in [0.15, 0.2) is 5.82 Å². The summed E-state index contributed by atoms with van der Waals surface area (Å²) in [7, 11) is 1.64. The van der Waals surface area contributed by atoms with Crippen LogP contribution < -0.4 is 14.8 Å². The Bertz CT molecular complexity index is 1820. The molecular formula is C29H21N5O2S. The van der Waals surface area contributed by atoms with Crippen molar-refractivity contribution in [3.05, 3.63) is 123 Å². The molecule has 0 fully saturated rings. The lowest BCUT2D eigenvalue weighted by Gasteiger charge is -2.00.